The van der Waals surface area contributed by atoms with Crippen LogP contribution in [0.5, 0.6) is 0 Å². The molecule has 1 unspecified atom stereocenters. The van der Waals surface area contributed by atoms with Crippen molar-refractivity contribution in [2.75, 3.05) is 0 Å². The average molecular weight is 164 g/mol. The molecule has 11 heavy (non-hydrogen) atoms. The van der Waals surface area contributed by atoms with Gasteiger partial charge in [0.1, 0.15) is 0 Å². The first-order chi connectivity index (χ1) is 5.17. The molecule has 0 nitrogen and oxygen atoms in total. The monoisotopic (exact) mass is 164 g/mol. The predicted molar refractivity (Wildman–Crippen MR) is 53.0 cm³/mol. The van der Waals surface area contributed by atoms with E-state index in [1.165, 1.54) is 5.56 Å². The minimum Gasteiger partial charge on any atom is -0.164 e. The van der Waals surface area contributed by atoms with Crippen molar-refractivity contribution >= 4 is 12.6 Å². The van der Waals surface area contributed by atoms with Crippen molar-refractivity contribution in [3.8, 4) is 0 Å². The highest BCUT2D eigenvalue weighted by Gasteiger charge is 2.15. The van der Waals surface area contributed by atoms with E-state index in [2.05, 4.69) is 31.3 Å². The lowest BCUT2D eigenvalue weighted by Crippen LogP contribution is -2.08. The molecule has 0 radical (unpaired) electrons. The summed E-state index contributed by atoms with van der Waals surface area (Å²) in [4.78, 5) is 0. The molecule has 58 valence electrons. The van der Waals surface area contributed by atoms with Crippen LogP contribution in [0.15, 0.2) is 43.0 Å². The Labute approximate surface area is 73.4 Å². The number of rotatable bonds is 2. The van der Waals surface area contributed by atoms with E-state index < -0.39 is 0 Å². The molecule has 0 heterocycles. The third-order valence-electron chi connectivity index (χ3n) is 1.76. The molecule has 0 spiro atoms. The van der Waals surface area contributed by atoms with Crippen LogP contribution in [0, 0.1) is 0 Å². The zero-order valence-corrected chi connectivity index (χ0v) is 7.51. The second kappa shape index (κ2) is 3.14. The van der Waals surface area contributed by atoms with E-state index in [1.54, 1.807) is 0 Å². The Bertz CT molecular complexity index is 236. The summed E-state index contributed by atoms with van der Waals surface area (Å²) in [5.41, 5.74) is 1.18. The molecule has 1 aromatic carbocycles. The molecular formula is C10H12S. The fourth-order valence-electron chi connectivity index (χ4n) is 0.893. The van der Waals surface area contributed by atoms with E-state index in [9.17, 15) is 0 Å². The normalized spacial score (nSPS) is 15.5. The Morgan fingerprint density at radius 2 is 1.91 bits per heavy atom. The summed E-state index contributed by atoms with van der Waals surface area (Å²) in [5, 5.41) is 0. The minimum absolute atomic E-state index is 0.207. The molecule has 1 atom stereocenters. The lowest BCUT2D eigenvalue weighted by Gasteiger charge is -2.18. The Hall–Kier alpha value is -0.690. The van der Waals surface area contributed by atoms with Crippen LogP contribution in [0.4, 0.5) is 0 Å². The van der Waals surface area contributed by atoms with Crippen LogP contribution in [-0.4, -0.2) is 0 Å². The van der Waals surface area contributed by atoms with Crippen molar-refractivity contribution < 1.29 is 0 Å². The van der Waals surface area contributed by atoms with Crippen molar-refractivity contribution in [1.82, 2.24) is 0 Å². The molecule has 0 aliphatic heterocycles. The largest absolute Gasteiger partial charge is 0.164 e. The van der Waals surface area contributed by atoms with Crippen molar-refractivity contribution in [1.29, 1.82) is 0 Å². The molecular weight excluding hydrogens is 152 g/mol. The maximum atomic E-state index is 4.46. The molecule has 0 aromatic heterocycles. The molecule has 1 aromatic rings. The van der Waals surface area contributed by atoms with E-state index in [4.69, 9.17) is 0 Å². The van der Waals surface area contributed by atoms with Crippen LogP contribution < -0.4 is 0 Å². The summed E-state index contributed by atoms with van der Waals surface area (Å²) in [7, 11) is 0. The first-order valence-electron chi connectivity index (χ1n) is 3.58. The van der Waals surface area contributed by atoms with Gasteiger partial charge >= 0.3 is 0 Å². The third-order valence-corrected chi connectivity index (χ3v) is 2.20. The zero-order valence-electron chi connectivity index (χ0n) is 6.62. The van der Waals surface area contributed by atoms with Gasteiger partial charge in [-0.2, -0.15) is 12.6 Å². The summed E-state index contributed by atoms with van der Waals surface area (Å²) in [5.74, 6) is 0. The highest BCUT2D eigenvalue weighted by atomic mass is 32.1. The van der Waals surface area contributed by atoms with Gasteiger partial charge in [-0.1, -0.05) is 36.4 Å². The lowest BCUT2D eigenvalue weighted by atomic mass is 10.0. The zero-order chi connectivity index (χ0) is 8.32. The number of benzene rings is 1. The van der Waals surface area contributed by atoms with E-state index in [0.717, 1.165) is 0 Å². The van der Waals surface area contributed by atoms with Crippen molar-refractivity contribution in [3.63, 3.8) is 0 Å². The quantitative estimate of drug-likeness (QED) is 0.504. The maximum Gasteiger partial charge on any atom is 0.0526 e. The number of hydrogen-bond acceptors (Lipinski definition) is 1. The summed E-state index contributed by atoms with van der Waals surface area (Å²) in [6, 6.07) is 10.1. The van der Waals surface area contributed by atoms with E-state index >= 15 is 0 Å². The van der Waals surface area contributed by atoms with Crippen molar-refractivity contribution in [2.45, 2.75) is 11.7 Å². The first kappa shape index (κ1) is 8.41. The fourth-order valence-corrected chi connectivity index (χ4v) is 1.04. The molecule has 0 amide bonds. The van der Waals surface area contributed by atoms with Gasteiger partial charge in [-0.25, -0.2) is 0 Å². The molecule has 0 aliphatic carbocycles. The standard InChI is InChI=1S/C10H12S/c1-3-10(2,11)9-7-5-4-6-8-9/h3-8,11H,1H2,2H3. The van der Waals surface area contributed by atoms with Gasteiger partial charge in [-0.3, -0.25) is 0 Å². The molecule has 1 heteroatoms. The molecule has 0 saturated carbocycles. The SMILES string of the molecule is C=CC(C)(S)c1ccccc1. The van der Waals surface area contributed by atoms with Gasteiger partial charge in [0.05, 0.1) is 4.75 Å². The molecule has 1 rings (SSSR count). The van der Waals surface area contributed by atoms with Crippen LogP contribution in [0.1, 0.15) is 12.5 Å². The predicted octanol–water partition coefficient (Wildman–Crippen LogP) is 3.02. The van der Waals surface area contributed by atoms with Gasteiger partial charge in [0.2, 0.25) is 0 Å². The molecule has 0 bridgehead atoms. The number of thiol groups is 1. The van der Waals surface area contributed by atoms with Crippen LogP contribution in [0.2, 0.25) is 0 Å². The highest BCUT2D eigenvalue weighted by Crippen LogP contribution is 2.28. The van der Waals surface area contributed by atoms with Crippen LogP contribution in [0.25, 0.3) is 0 Å². The van der Waals surface area contributed by atoms with E-state index in [-0.39, 0.29) is 4.75 Å². The second-order valence-corrected chi connectivity index (χ2v) is 3.65. The maximum absolute atomic E-state index is 4.46. The van der Waals surface area contributed by atoms with Gasteiger partial charge in [0, 0.05) is 0 Å². The third kappa shape index (κ3) is 1.87. The molecule has 0 aliphatic rings. The van der Waals surface area contributed by atoms with Crippen LogP contribution in [-0.2, 0) is 4.75 Å². The minimum atomic E-state index is -0.207. The van der Waals surface area contributed by atoms with Gasteiger partial charge in [0.15, 0.2) is 0 Å². The Morgan fingerprint density at radius 1 is 1.36 bits per heavy atom. The average Bonchev–Trinajstić information content (AvgIpc) is 2.06. The van der Waals surface area contributed by atoms with Gasteiger partial charge in [-0.15, -0.1) is 6.58 Å². The van der Waals surface area contributed by atoms with Crippen LogP contribution >= 0.6 is 12.6 Å². The van der Waals surface area contributed by atoms with E-state index in [0.29, 0.717) is 0 Å². The number of hydrogen-bond donors (Lipinski definition) is 1. The Kier molecular flexibility index (Phi) is 2.40. The highest BCUT2D eigenvalue weighted by molar-refractivity contribution is 7.81. The van der Waals surface area contributed by atoms with Crippen molar-refractivity contribution in [3.05, 3.63) is 48.6 Å². The fraction of sp³-hybridized carbons (Fsp3) is 0.200. The van der Waals surface area contributed by atoms with Crippen LogP contribution in [0.3, 0.4) is 0 Å². The summed E-state index contributed by atoms with van der Waals surface area (Å²) in [6.45, 7) is 5.76. The van der Waals surface area contributed by atoms with Crippen molar-refractivity contribution in [2.24, 2.45) is 0 Å². The van der Waals surface area contributed by atoms with Gasteiger partial charge < -0.3 is 0 Å². The topological polar surface area (TPSA) is 0 Å². The van der Waals surface area contributed by atoms with Gasteiger partial charge in [-0.05, 0) is 12.5 Å². The molecule has 0 N–H and O–H groups in total. The van der Waals surface area contributed by atoms with E-state index in [1.807, 2.05) is 31.2 Å². The summed E-state index contributed by atoms with van der Waals surface area (Å²) < 4.78 is -0.207. The molecule has 0 fully saturated rings. The second-order valence-electron chi connectivity index (χ2n) is 2.72. The van der Waals surface area contributed by atoms with Gasteiger partial charge in [0.25, 0.3) is 0 Å². The first-order valence-corrected chi connectivity index (χ1v) is 4.03. The Morgan fingerprint density at radius 3 is 2.36 bits per heavy atom. The molecule has 0 saturated heterocycles. The summed E-state index contributed by atoms with van der Waals surface area (Å²) in [6.07, 6.45) is 1.84. The Balaban J connectivity index is 3.02. The summed E-state index contributed by atoms with van der Waals surface area (Å²) >= 11 is 4.46. The smallest absolute Gasteiger partial charge is 0.0526 e. The lowest BCUT2D eigenvalue weighted by molar-refractivity contribution is 0.892.